The maximum Gasteiger partial charge on any atom is 0.122 e. The summed E-state index contributed by atoms with van der Waals surface area (Å²) >= 11 is 0. The molecule has 0 saturated heterocycles. The lowest BCUT2D eigenvalue weighted by molar-refractivity contribution is 0.415. The van der Waals surface area contributed by atoms with Crippen molar-refractivity contribution in [3.8, 4) is 5.75 Å². The van der Waals surface area contributed by atoms with Gasteiger partial charge < -0.3 is 15.4 Å². The molecule has 0 unspecified atom stereocenters. The van der Waals surface area contributed by atoms with E-state index in [1.165, 1.54) is 5.56 Å². The average Bonchev–Trinajstić information content (AvgIpc) is 2.39. The average molecular weight is 256 g/mol. The highest BCUT2D eigenvalue weighted by Gasteiger charge is 2.09. The highest BCUT2D eigenvalue weighted by Crippen LogP contribution is 2.30. The number of nitrogen functional groups attached to an aromatic ring is 1. The number of anilines is 3. The third-order valence-corrected chi connectivity index (χ3v) is 3.09. The Morgan fingerprint density at radius 3 is 2.53 bits per heavy atom. The first-order valence-electron chi connectivity index (χ1n) is 6.43. The molecule has 2 aromatic rings. The van der Waals surface area contributed by atoms with E-state index in [2.05, 4.69) is 43.0 Å². The summed E-state index contributed by atoms with van der Waals surface area (Å²) in [5, 5.41) is 0. The first kappa shape index (κ1) is 13.3. The second-order valence-corrected chi connectivity index (χ2v) is 4.55. The van der Waals surface area contributed by atoms with Gasteiger partial charge in [0.2, 0.25) is 0 Å². The van der Waals surface area contributed by atoms with Crippen LogP contribution in [0, 0.1) is 6.92 Å². The zero-order valence-corrected chi connectivity index (χ0v) is 11.7. The smallest absolute Gasteiger partial charge is 0.122 e. The van der Waals surface area contributed by atoms with Gasteiger partial charge in [0.05, 0.1) is 7.11 Å². The van der Waals surface area contributed by atoms with Crippen molar-refractivity contribution in [3.05, 3.63) is 48.0 Å². The van der Waals surface area contributed by atoms with E-state index >= 15 is 0 Å². The number of rotatable bonds is 4. The summed E-state index contributed by atoms with van der Waals surface area (Å²) in [6.07, 6.45) is 0. The Morgan fingerprint density at radius 1 is 1.11 bits per heavy atom. The first-order chi connectivity index (χ1) is 9.13. The molecule has 2 aromatic carbocycles. The van der Waals surface area contributed by atoms with Crippen molar-refractivity contribution >= 4 is 17.1 Å². The Hall–Kier alpha value is -2.16. The lowest BCUT2D eigenvalue weighted by Crippen LogP contribution is -2.16. The highest BCUT2D eigenvalue weighted by atomic mass is 16.5. The van der Waals surface area contributed by atoms with Crippen molar-refractivity contribution in [2.45, 2.75) is 13.8 Å². The van der Waals surface area contributed by atoms with Crippen molar-refractivity contribution in [1.82, 2.24) is 0 Å². The molecule has 0 heterocycles. The van der Waals surface area contributed by atoms with Crippen LogP contribution in [-0.2, 0) is 0 Å². The Labute approximate surface area is 114 Å². The minimum Gasteiger partial charge on any atom is -0.497 e. The molecule has 0 aromatic heterocycles. The quantitative estimate of drug-likeness (QED) is 0.847. The van der Waals surface area contributed by atoms with E-state index in [9.17, 15) is 0 Å². The summed E-state index contributed by atoms with van der Waals surface area (Å²) in [5.41, 5.74) is 10.1. The third-order valence-electron chi connectivity index (χ3n) is 3.09. The van der Waals surface area contributed by atoms with Gasteiger partial charge in [0.25, 0.3) is 0 Å². The van der Waals surface area contributed by atoms with Gasteiger partial charge in [-0.05, 0) is 37.6 Å². The van der Waals surface area contributed by atoms with E-state index < -0.39 is 0 Å². The number of hydrogen-bond donors (Lipinski definition) is 1. The van der Waals surface area contributed by atoms with Gasteiger partial charge in [-0.15, -0.1) is 0 Å². The van der Waals surface area contributed by atoms with E-state index in [0.717, 1.165) is 23.7 Å². The summed E-state index contributed by atoms with van der Waals surface area (Å²) < 4.78 is 5.28. The van der Waals surface area contributed by atoms with E-state index in [1.807, 2.05) is 18.2 Å². The zero-order valence-electron chi connectivity index (χ0n) is 11.7. The van der Waals surface area contributed by atoms with Gasteiger partial charge in [-0.2, -0.15) is 0 Å². The molecule has 2 rings (SSSR count). The van der Waals surface area contributed by atoms with E-state index in [4.69, 9.17) is 10.5 Å². The molecule has 3 nitrogen and oxygen atoms in total. The minimum atomic E-state index is 0.709. The zero-order chi connectivity index (χ0) is 13.8. The molecule has 0 aliphatic heterocycles. The predicted octanol–water partition coefficient (Wildman–Crippen LogP) is 3.74. The number of nitrogens with zero attached hydrogens (tertiary/aromatic N) is 1. The molecule has 0 radical (unpaired) electrons. The van der Waals surface area contributed by atoms with Gasteiger partial charge >= 0.3 is 0 Å². The molecule has 0 bridgehead atoms. The maximum atomic E-state index is 5.93. The number of nitrogens with two attached hydrogens (primary N) is 1. The molecule has 3 heteroatoms. The van der Waals surface area contributed by atoms with E-state index in [-0.39, 0.29) is 0 Å². The van der Waals surface area contributed by atoms with E-state index in [0.29, 0.717) is 5.69 Å². The topological polar surface area (TPSA) is 38.5 Å². The van der Waals surface area contributed by atoms with Gasteiger partial charge in [0.15, 0.2) is 0 Å². The Morgan fingerprint density at radius 2 is 1.89 bits per heavy atom. The fraction of sp³-hybridized carbons (Fsp3) is 0.250. The van der Waals surface area contributed by atoms with Crippen LogP contribution in [0.4, 0.5) is 17.1 Å². The molecule has 0 aliphatic rings. The van der Waals surface area contributed by atoms with Crippen LogP contribution in [0.2, 0.25) is 0 Å². The van der Waals surface area contributed by atoms with Gasteiger partial charge in [0, 0.05) is 35.7 Å². The van der Waals surface area contributed by atoms with Crippen LogP contribution in [0.25, 0.3) is 0 Å². The summed E-state index contributed by atoms with van der Waals surface area (Å²) in [6.45, 7) is 5.09. The molecule has 0 amide bonds. The van der Waals surface area contributed by atoms with Crippen LogP contribution < -0.4 is 15.4 Å². The molecule has 2 N–H and O–H groups in total. The monoisotopic (exact) mass is 256 g/mol. The maximum absolute atomic E-state index is 5.93. The number of hydrogen-bond acceptors (Lipinski definition) is 3. The second-order valence-electron chi connectivity index (χ2n) is 4.55. The summed E-state index contributed by atoms with van der Waals surface area (Å²) in [5.74, 6) is 0.779. The lowest BCUT2D eigenvalue weighted by atomic mass is 10.1. The second kappa shape index (κ2) is 5.65. The standard InChI is InChI=1S/C16H20N2O/c1-4-18(14-7-5-6-12(2)8-14)15-9-13(17)10-16(11-15)19-3/h5-11H,4,17H2,1-3H3. The molecular formula is C16H20N2O. The summed E-state index contributed by atoms with van der Waals surface area (Å²) in [6, 6.07) is 14.2. The van der Waals surface area contributed by atoms with Crippen LogP contribution in [-0.4, -0.2) is 13.7 Å². The molecule has 0 saturated carbocycles. The van der Waals surface area contributed by atoms with Gasteiger partial charge in [-0.1, -0.05) is 12.1 Å². The summed E-state index contributed by atoms with van der Waals surface area (Å²) in [7, 11) is 1.65. The van der Waals surface area contributed by atoms with Gasteiger partial charge in [0.1, 0.15) is 5.75 Å². The van der Waals surface area contributed by atoms with Crippen LogP contribution in [0.15, 0.2) is 42.5 Å². The fourth-order valence-electron chi connectivity index (χ4n) is 2.19. The van der Waals surface area contributed by atoms with E-state index in [1.54, 1.807) is 7.11 Å². The SMILES string of the molecule is CCN(c1cccc(C)c1)c1cc(N)cc(OC)c1. The Balaban J connectivity index is 2.44. The molecule has 0 fully saturated rings. The number of methoxy groups -OCH3 is 1. The van der Waals surface area contributed by atoms with Crippen molar-refractivity contribution in [1.29, 1.82) is 0 Å². The van der Waals surface area contributed by atoms with Crippen LogP contribution >= 0.6 is 0 Å². The van der Waals surface area contributed by atoms with Gasteiger partial charge in [-0.3, -0.25) is 0 Å². The predicted molar refractivity (Wildman–Crippen MR) is 81.3 cm³/mol. The van der Waals surface area contributed by atoms with Crippen molar-refractivity contribution in [2.75, 3.05) is 24.3 Å². The summed E-state index contributed by atoms with van der Waals surface area (Å²) in [4.78, 5) is 2.21. The number of benzene rings is 2. The number of aryl methyl sites for hydroxylation is 1. The van der Waals surface area contributed by atoms with Crippen molar-refractivity contribution in [2.24, 2.45) is 0 Å². The Bertz CT molecular complexity index is 566. The minimum absolute atomic E-state index is 0.709. The Kier molecular flexibility index (Phi) is 3.95. The normalized spacial score (nSPS) is 10.3. The van der Waals surface area contributed by atoms with Crippen LogP contribution in [0.1, 0.15) is 12.5 Å². The largest absolute Gasteiger partial charge is 0.497 e. The fourth-order valence-corrected chi connectivity index (χ4v) is 2.19. The highest BCUT2D eigenvalue weighted by molar-refractivity contribution is 5.69. The van der Waals surface area contributed by atoms with Crippen LogP contribution in [0.5, 0.6) is 5.75 Å². The first-order valence-corrected chi connectivity index (χ1v) is 6.43. The molecular weight excluding hydrogens is 236 g/mol. The third kappa shape index (κ3) is 2.99. The van der Waals surface area contributed by atoms with Gasteiger partial charge in [-0.25, -0.2) is 0 Å². The molecule has 19 heavy (non-hydrogen) atoms. The van der Waals surface area contributed by atoms with Crippen molar-refractivity contribution in [3.63, 3.8) is 0 Å². The molecule has 0 spiro atoms. The molecule has 0 aliphatic carbocycles. The number of ether oxygens (including phenoxy) is 1. The molecule has 100 valence electrons. The van der Waals surface area contributed by atoms with Crippen LogP contribution in [0.3, 0.4) is 0 Å². The lowest BCUT2D eigenvalue weighted by Gasteiger charge is -2.24. The van der Waals surface area contributed by atoms with Crippen molar-refractivity contribution < 1.29 is 4.74 Å². The molecule has 0 atom stereocenters.